The van der Waals surface area contributed by atoms with Gasteiger partial charge in [0, 0.05) is 20.2 Å². The number of halogens is 3. The van der Waals surface area contributed by atoms with E-state index in [1.807, 2.05) is 6.07 Å². The molecule has 0 bridgehead atoms. The Morgan fingerprint density at radius 3 is 2.65 bits per heavy atom. The van der Waals surface area contributed by atoms with Gasteiger partial charge < -0.3 is 0 Å². The second-order valence-corrected chi connectivity index (χ2v) is 8.40. The van der Waals surface area contributed by atoms with Crippen LogP contribution in [0.4, 0.5) is 0 Å². The molecule has 20 heavy (non-hydrogen) atoms. The number of aromatic nitrogens is 1. The minimum Gasteiger partial charge on any atom is -0.241 e. The molecule has 1 aromatic heterocycles. The summed E-state index contributed by atoms with van der Waals surface area (Å²) in [5.41, 5.74) is 2.33. The zero-order valence-corrected chi connectivity index (χ0v) is 15.9. The average Bonchev–Trinajstić information content (AvgIpc) is 2.80. The highest BCUT2D eigenvalue weighted by molar-refractivity contribution is 9.11. The van der Waals surface area contributed by atoms with Crippen molar-refractivity contribution >= 4 is 69.3 Å². The molecule has 3 rings (SSSR count). The van der Waals surface area contributed by atoms with E-state index in [1.165, 1.54) is 10.3 Å². The smallest absolute Gasteiger partial charge is 0.0953 e. The highest BCUT2D eigenvalue weighted by Crippen LogP contribution is 2.35. The molecule has 0 saturated carbocycles. The molecule has 0 spiro atoms. The van der Waals surface area contributed by atoms with Crippen molar-refractivity contribution in [3.63, 3.8) is 0 Å². The van der Waals surface area contributed by atoms with Crippen molar-refractivity contribution in [2.45, 2.75) is 11.2 Å². The van der Waals surface area contributed by atoms with E-state index >= 15 is 0 Å². The Balaban J connectivity index is 1.86. The summed E-state index contributed by atoms with van der Waals surface area (Å²) in [6.07, 6.45) is 0.888. The lowest BCUT2D eigenvalue weighted by Crippen LogP contribution is -1.96. The summed E-state index contributed by atoms with van der Waals surface area (Å²) in [5.74, 6) is 0. The van der Waals surface area contributed by atoms with Crippen molar-refractivity contribution in [3.05, 3.63) is 62.0 Å². The molecule has 1 unspecified atom stereocenters. The van der Waals surface area contributed by atoms with Crippen LogP contribution in [0, 0.1) is 0 Å². The molecule has 1 heterocycles. The van der Waals surface area contributed by atoms with Gasteiger partial charge in [0.1, 0.15) is 0 Å². The van der Waals surface area contributed by atoms with Crippen LogP contribution in [0.5, 0.6) is 0 Å². The van der Waals surface area contributed by atoms with Crippen LogP contribution < -0.4 is 0 Å². The van der Waals surface area contributed by atoms with Crippen LogP contribution >= 0.6 is 59.1 Å². The van der Waals surface area contributed by atoms with E-state index in [-0.39, 0.29) is 4.83 Å². The van der Waals surface area contributed by atoms with Crippen molar-refractivity contribution in [1.82, 2.24) is 4.98 Å². The molecule has 1 nitrogen and oxygen atoms in total. The van der Waals surface area contributed by atoms with Gasteiger partial charge in [0.05, 0.1) is 15.2 Å². The standard InChI is InChI=1S/C15H10Br3NS/c16-9-5-6-10(11(17)7-9)12(18)8-15-19-13-3-1-2-4-14(13)20-15/h1-7,12H,8H2. The summed E-state index contributed by atoms with van der Waals surface area (Å²) in [5, 5.41) is 1.16. The Bertz CT molecular complexity index is 721. The van der Waals surface area contributed by atoms with Gasteiger partial charge in [0.25, 0.3) is 0 Å². The maximum Gasteiger partial charge on any atom is 0.0953 e. The Kier molecular flexibility index (Phi) is 4.60. The van der Waals surface area contributed by atoms with Crippen LogP contribution in [0.3, 0.4) is 0 Å². The number of hydrogen-bond acceptors (Lipinski definition) is 2. The van der Waals surface area contributed by atoms with Gasteiger partial charge in [-0.1, -0.05) is 66.0 Å². The topological polar surface area (TPSA) is 12.9 Å². The fraction of sp³-hybridized carbons (Fsp3) is 0.133. The molecule has 5 heteroatoms. The molecule has 0 aliphatic rings. The van der Waals surface area contributed by atoms with Crippen LogP contribution in [0.25, 0.3) is 10.2 Å². The van der Waals surface area contributed by atoms with Crippen molar-refractivity contribution in [1.29, 1.82) is 0 Å². The third-order valence-corrected chi connectivity index (χ3v) is 6.05. The van der Waals surface area contributed by atoms with Crippen molar-refractivity contribution in [3.8, 4) is 0 Å². The van der Waals surface area contributed by atoms with E-state index in [1.54, 1.807) is 11.3 Å². The highest BCUT2D eigenvalue weighted by Gasteiger charge is 2.14. The number of benzene rings is 2. The summed E-state index contributed by atoms with van der Waals surface area (Å²) < 4.78 is 3.43. The lowest BCUT2D eigenvalue weighted by molar-refractivity contribution is 0.933. The van der Waals surface area contributed by atoms with E-state index in [4.69, 9.17) is 0 Å². The first-order chi connectivity index (χ1) is 9.63. The summed E-state index contributed by atoms with van der Waals surface area (Å²) in [7, 11) is 0. The number of fused-ring (bicyclic) bond motifs is 1. The summed E-state index contributed by atoms with van der Waals surface area (Å²) >= 11 is 12.6. The molecule has 0 fully saturated rings. The van der Waals surface area contributed by atoms with Gasteiger partial charge in [-0.25, -0.2) is 4.98 Å². The molecule has 3 aromatic rings. The highest BCUT2D eigenvalue weighted by atomic mass is 79.9. The molecule has 0 aliphatic carbocycles. The van der Waals surface area contributed by atoms with E-state index in [0.717, 1.165) is 25.9 Å². The maximum atomic E-state index is 4.69. The largest absolute Gasteiger partial charge is 0.241 e. The second-order valence-electron chi connectivity index (χ2n) is 4.41. The van der Waals surface area contributed by atoms with Gasteiger partial charge in [-0.15, -0.1) is 11.3 Å². The fourth-order valence-corrected chi connectivity index (χ4v) is 5.59. The summed E-state index contributed by atoms with van der Waals surface area (Å²) in [4.78, 5) is 4.94. The van der Waals surface area contributed by atoms with Crippen LogP contribution in [-0.4, -0.2) is 4.98 Å². The third kappa shape index (κ3) is 3.16. The van der Waals surface area contributed by atoms with Gasteiger partial charge in [0.15, 0.2) is 0 Å². The Morgan fingerprint density at radius 2 is 1.90 bits per heavy atom. The van der Waals surface area contributed by atoms with Gasteiger partial charge in [-0.05, 0) is 29.8 Å². The van der Waals surface area contributed by atoms with E-state index < -0.39 is 0 Å². The normalized spacial score (nSPS) is 12.8. The Hall–Kier alpha value is -0.230. The van der Waals surface area contributed by atoms with Gasteiger partial charge in [-0.2, -0.15) is 0 Å². The SMILES string of the molecule is Brc1ccc(C(Br)Cc2nc3ccccc3s2)c(Br)c1. The molecule has 0 N–H and O–H groups in total. The molecule has 0 radical (unpaired) electrons. The maximum absolute atomic E-state index is 4.69. The number of para-hydroxylation sites is 1. The third-order valence-electron chi connectivity index (χ3n) is 2.99. The Morgan fingerprint density at radius 1 is 1.10 bits per heavy atom. The molecule has 0 saturated heterocycles. The quantitative estimate of drug-likeness (QED) is 0.394. The number of thiazole rings is 1. The van der Waals surface area contributed by atoms with Crippen molar-refractivity contribution in [2.75, 3.05) is 0 Å². The molecule has 2 aromatic carbocycles. The van der Waals surface area contributed by atoms with Crippen molar-refractivity contribution in [2.24, 2.45) is 0 Å². The van der Waals surface area contributed by atoms with Crippen LogP contribution in [-0.2, 0) is 6.42 Å². The summed E-state index contributed by atoms with van der Waals surface area (Å²) in [6, 6.07) is 14.5. The number of rotatable bonds is 3. The monoisotopic (exact) mass is 473 g/mol. The molecular weight excluding hydrogens is 466 g/mol. The zero-order valence-electron chi connectivity index (χ0n) is 10.3. The first-order valence-electron chi connectivity index (χ1n) is 6.07. The minimum absolute atomic E-state index is 0.255. The lowest BCUT2D eigenvalue weighted by atomic mass is 10.1. The molecular formula is C15H10Br3NS. The fourth-order valence-electron chi connectivity index (χ4n) is 2.03. The minimum atomic E-state index is 0.255. The van der Waals surface area contributed by atoms with E-state index in [2.05, 4.69) is 89.2 Å². The molecule has 0 amide bonds. The summed E-state index contributed by atoms with van der Waals surface area (Å²) in [6.45, 7) is 0. The van der Waals surface area contributed by atoms with Crippen molar-refractivity contribution < 1.29 is 0 Å². The number of alkyl halides is 1. The molecule has 102 valence electrons. The molecule has 1 atom stereocenters. The lowest BCUT2D eigenvalue weighted by Gasteiger charge is -2.11. The second kappa shape index (κ2) is 6.26. The zero-order chi connectivity index (χ0) is 14.1. The van der Waals surface area contributed by atoms with Gasteiger partial charge in [0.2, 0.25) is 0 Å². The predicted octanol–water partition coefficient (Wildman–Crippen LogP) is 6.50. The van der Waals surface area contributed by atoms with Crippen LogP contribution in [0.2, 0.25) is 0 Å². The van der Waals surface area contributed by atoms with Gasteiger partial charge >= 0.3 is 0 Å². The van der Waals surface area contributed by atoms with E-state index in [9.17, 15) is 0 Å². The predicted molar refractivity (Wildman–Crippen MR) is 96.8 cm³/mol. The first kappa shape index (κ1) is 14.7. The van der Waals surface area contributed by atoms with E-state index in [0.29, 0.717) is 0 Å². The van der Waals surface area contributed by atoms with Gasteiger partial charge in [-0.3, -0.25) is 0 Å². The average molecular weight is 476 g/mol. The Labute approximate surface area is 146 Å². The number of nitrogens with zero attached hydrogens (tertiary/aromatic N) is 1. The molecule has 0 aliphatic heterocycles. The number of hydrogen-bond donors (Lipinski definition) is 0. The first-order valence-corrected chi connectivity index (χ1v) is 9.39. The van der Waals surface area contributed by atoms with Crippen LogP contribution in [0.15, 0.2) is 51.4 Å². The van der Waals surface area contributed by atoms with Crippen LogP contribution in [0.1, 0.15) is 15.4 Å².